The molecule has 4 heterocycles. The minimum Gasteiger partial charge on any atom is -0.316 e. The average molecular weight is 410 g/mol. The smallest absolute Gasteiger partial charge is 0.188 e. The maximum Gasteiger partial charge on any atom is 0.188 e. The van der Waals surface area contributed by atoms with Gasteiger partial charge in [-0.1, -0.05) is 0 Å². The highest BCUT2D eigenvalue weighted by atomic mass is 32.1. The van der Waals surface area contributed by atoms with Gasteiger partial charge in [0.1, 0.15) is 17.5 Å². The Morgan fingerprint density at radius 3 is 2.45 bits per heavy atom. The number of hydrogen-bond donors (Lipinski definition) is 1. The average Bonchev–Trinajstić information content (AvgIpc) is 3.09. The SMILES string of the molecule is Cc1ncc(CN2CCC(Cc3cc(Nc4ncc(C)s4)nc(C)n3)CC2)cn1. The zero-order chi connectivity index (χ0) is 20.2. The Bertz CT molecular complexity index is 946. The molecule has 7 nitrogen and oxygen atoms in total. The number of aromatic nitrogens is 5. The maximum absolute atomic E-state index is 4.67. The van der Waals surface area contributed by atoms with Crippen molar-refractivity contribution in [3.05, 3.63) is 52.4 Å². The third kappa shape index (κ3) is 5.55. The molecule has 0 aromatic carbocycles. The van der Waals surface area contributed by atoms with Crippen LogP contribution in [0.15, 0.2) is 24.7 Å². The molecule has 0 atom stereocenters. The van der Waals surface area contributed by atoms with Crippen LogP contribution in [0.5, 0.6) is 0 Å². The van der Waals surface area contributed by atoms with E-state index in [2.05, 4.69) is 48.1 Å². The van der Waals surface area contributed by atoms with Gasteiger partial charge in [0.15, 0.2) is 5.13 Å². The van der Waals surface area contributed by atoms with E-state index in [0.29, 0.717) is 5.92 Å². The van der Waals surface area contributed by atoms with E-state index < -0.39 is 0 Å². The van der Waals surface area contributed by atoms with Gasteiger partial charge < -0.3 is 5.32 Å². The summed E-state index contributed by atoms with van der Waals surface area (Å²) in [6, 6.07) is 2.07. The van der Waals surface area contributed by atoms with Crippen LogP contribution in [0.25, 0.3) is 0 Å². The lowest BCUT2D eigenvalue weighted by Crippen LogP contribution is -2.34. The van der Waals surface area contributed by atoms with Crippen molar-refractivity contribution in [2.45, 2.75) is 46.6 Å². The van der Waals surface area contributed by atoms with Gasteiger partial charge >= 0.3 is 0 Å². The molecule has 1 aliphatic heterocycles. The lowest BCUT2D eigenvalue weighted by molar-refractivity contribution is 0.176. The van der Waals surface area contributed by atoms with Gasteiger partial charge in [-0.3, -0.25) is 4.90 Å². The summed E-state index contributed by atoms with van der Waals surface area (Å²) in [5.74, 6) is 3.12. The van der Waals surface area contributed by atoms with E-state index in [1.54, 1.807) is 11.3 Å². The second-order valence-electron chi connectivity index (χ2n) is 7.75. The minimum absolute atomic E-state index is 0.657. The Morgan fingerprint density at radius 2 is 1.76 bits per heavy atom. The number of thiazole rings is 1. The largest absolute Gasteiger partial charge is 0.316 e. The van der Waals surface area contributed by atoms with Crippen molar-refractivity contribution in [2.24, 2.45) is 5.92 Å². The van der Waals surface area contributed by atoms with E-state index in [1.807, 2.05) is 32.4 Å². The number of anilines is 2. The summed E-state index contributed by atoms with van der Waals surface area (Å²) >= 11 is 1.63. The molecule has 3 aromatic heterocycles. The normalized spacial score (nSPS) is 15.6. The molecule has 0 unspecified atom stereocenters. The van der Waals surface area contributed by atoms with Crippen LogP contribution in [0, 0.1) is 26.7 Å². The van der Waals surface area contributed by atoms with Crippen molar-refractivity contribution in [3.8, 4) is 0 Å². The van der Waals surface area contributed by atoms with E-state index >= 15 is 0 Å². The molecule has 1 N–H and O–H groups in total. The van der Waals surface area contributed by atoms with Gasteiger partial charge in [0.2, 0.25) is 0 Å². The van der Waals surface area contributed by atoms with Crippen LogP contribution in [-0.2, 0) is 13.0 Å². The maximum atomic E-state index is 4.67. The van der Waals surface area contributed by atoms with Crippen LogP contribution < -0.4 is 5.32 Å². The van der Waals surface area contributed by atoms with Gasteiger partial charge in [-0.05, 0) is 59.0 Å². The molecule has 29 heavy (non-hydrogen) atoms. The second kappa shape index (κ2) is 8.92. The third-order valence-electron chi connectivity index (χ3n) is 5.19. The van der Waals surface area contributed by atoms with Gasteiger partial charge in [-0.15, -0.1) is 11.3 Å². The molecule has 0 aliphatic carbocycles. The monoisotopic (exact) mass is 409 g/mol. The number of hydrogen-bond acceptors (Lipinski definition) is 8. The molecule has 8 heteroatoms. The van der Waals surface area contributed by atoms with Crippen LogP contribution in [0.3, 0.4) is 0 Å². The number of nitrogens with one attached hydrogen (secondary N) is 1. The highest BCUT2D eigenvalue weighted by molar-refractivity contribution is 7.15. The van der Waals surface area contributed by atoms with Gasteiger partial charge in [-0.2, -0.15) is 0 Å². The number of piperidine rings is 1. The van der Waals surface area contributed by atoms with Crippen molar-refractivity contribution < 1.29 is 0 Å². The molecule has 0 amide bonds. The Balaban J connectivity index is 1.32. The topological polar surface area (TPSA) is 79.7 Å². The van der Waals surface area contributed by atoms with Crippen molar-refractivity contribution in [3.63, 3.8) is 0 Å². The summed E-state index contributed by atoms with van der Waals surface area (Å²) in [5, 5.41) is 4.19. The highest BCUT2D eigenvalue weighted by Gasteiger charge is 2.20. The fourth-order valence-electron chi connectivity index (χ4n) is 3.72. The summed E-state index contributed by atoms with van der Waals surface area (Å²) in [6.07, 6.45) is 9.12. The molecule has 0 saturated carbocycles. The van der Waals surface area contributed by atoms with Gasteiger partial charge in [0.05, 0.1) is 0 Å². The van der Waals surface area contributed by atoms with Gasteiger partial charge in [-0.25, -0.2) is 24.9 Å². The van der Waals surface area contributed by atoms with E-state index in [-0.39, 0.29) is 0 Å². The molecule has 0 radical (unpaired) electrons. The van der Waals surface area contributed by atoms with Gasteiger partial charge in [0.25, 0.3) is 0 Å². The molecule has 4 rings (SSSR count). The summed E-state index contributed by atoms with van der Waals surface area (Å²) in [5.41, 5.74) is 2.30. The van der Waals surface area contributed by atoms with Crippen LogP contribution in [0.1, 0.15) is 40.6 Å². The van der Waals surface area contributed by atoms with Crippen LogP contribution in [0.4, 0.5) is 10.9 Å². The Labute approximate surface area is 175 Å². The highest BCUT2D eigenvalue weighted by Crippen LogP contribution is 2.25. The number of aryl methyl sites for hydroxylation is 3. The van der Waals surface area contributed by atoms with Crippen molar-refractivity contribution in [1.82, 2.24) is 29.8 Å². The van der Waals surface area contributed by atoms with E-state index in [1.165, 1.54) is 23.3 Å². The van der Waals surface area contributed by atoms with Gasteiger partial charge in [0, 0.05) is 47.3 Å². The fraction of sp³-hybridized carbons (Fsp3) is 0.476. The van der Waals surface area contributed by atoms with Crippen molar-refractivity contribution in [2.75, 3.05) is 18.4 Å². The Kier molecular flexibility index (Phi) is 6.10. The molecule has 1 aliphatic rings. The second-order valence-corrected chi connectivity index (χ2v) is 8.99. The fourth-order valence-corrected chi connectivity index (χ4v) is 4.40. The standard InChI is InChI=1S/C21H27N7S/c1-14-10-24-21(29-14)27-20-9-19(25-16(3)26-20)8-17-4-6-28(7-5-17)13-18-11-22-15(2)23-12-18/h9-12,17H,4-8,13H2,1-3H3,(H,24,25,26,27). The summed E-state index contributed by atoms with van der Waals surface area (Å²) in [6.45, 7) is 9.06. The first kappa shape index (κ1) is 19.8. The quantitative estimate of drug-likeness (QED) is 0.662. The van der Waals surface area contributed by atoms with Crippen molar-refractivity contribution >= 4 is 22.3 Å². The summed E-state index contributed by atoms with van der Waals surface area (Å²) in [4.78, 5) is 25.8. The van der Waals surface area contributed by atoms with E-state index in [0.717, 1.165) is 54.3 Å². The molecule has 0 bridgehead atoms. The first-order valence-electron chi connectivity index (χ1n) is 10.1. The molecule has 152 valence electrons. The van der Waals surface area contributed by atoms with Crippen LogP contribution >= 0.6 is 11.3 Å². The first-order valence-corrected chi connectivity index (χ1v) is 10.9. The summed E-state index contributed by atoms with van der Waals surface area (Å²) < 4.78 is 0. The Hall–Kier alpha value is -2.45. The van der Waals surface area contributed by atoms with E-state index in [9.17, 15) is 0 Å². The lowest BCUT2D eigenvalue weighted by atomic mass is 9.92. The Morgan fingerprint density at radius 1 is 1.00 bits per heavy atom. The van der Waals surface area contributed by atoms with Crippen LogP contribution in [0.2, 0.25) is 0 Å². The lowest BCUT2D eigenvalue weighted by Gasteiger charge is -2.31. The number of rotatable bonds is 6. The predicted molar refractivity (Wildman–Crippen MR) is 115 cm³/mol. The number of nitrogens with zero attached hydrogens (tertiary/aromatic N) is 6. The van der Waals surface area contributed by atoms with E-state index in [4.69, 9.17) is 0 Å². The third-order valence-corrected chi connectivity index (χ3v) is 6.02. The molecule has 1 saturated heterocycles. The summed E-state index contributed by atoms with van der Waals surface area (Å²) in [7, 11) is 0. The predicted octanol–water partition coefficient (Wildman–Crippen LogP) is 3.85. The number of likely N-dealkylation sites (tertiary alicyclic amines) is 1. The first-order chi connectivity index (χ1) is 14.0. The van der Waals surface area contributed by atoms with Crippen LogP contribution in [-0.4, -0.2) is 42.9 Å². The van der Waals surface area contributed by atoms with Crippen molar-refractivity contribution in [1.29, 1.82) is 0 Å². The molecule has 1 fully saturated rings. The zero-order valence-electron chi connectivity index (χ0n) is 17.2. The molecular formula is C21H27N7S. The minimum atomic E-state index is 0.657. The molecule has 3 aromatic rings. The molecular weight excluding hydrogens is 382 g/mol. The molecule has 0 spiro atoms. The zero-order valence-corrected chi connectivity index (χ0v) is 18.0.